The highest BCUT2D eigenvalue weighted by atomic mass is 16.3. The first-order valence-electron chi connectivity index (χ1n) is 5.86. The molecule has 15 heavy (non-hydrogen) atoms. The molecule has 1 heterocycles. The first-order valence-corrected chi connectivity index (χ1v) is 5.86. The Hall–Kier alpha value is -0.830. The van der Waals surface area contributed by atoms with Crippen molar-refractivity contribution in [1.29, 1.82) is 0 Å². The number of aromatic nitrogens is 2. The number of hydrogen-bond donors (Lipinski definition) is 1. The lowest BCUT2D eigenvalue weighted by Gasteiger charge is -2.10. The van der Waals surface area contributed by atoms with Gasteiger partial charge in [-0.15, -0.1) is 0 Å². The molecule has 3 heteroatoms. The lowest BCUT2D eigenvalue weighted by atomic mass is 10.1. The molecule has 1 aromatic heterocycles. The molecule has 0 unspecified atom stereocenters. The Bertz CT molecular complexity index is 338. The van der Waals surface area contributed by atoms with Crippen molar-refractivity contribution in [2.75, 3.05) is 0 Å². The van der Waals surface area contributed by atoms with Crippen LogP contribution in [0.2, 0.25) is 0 Å². The van der Waals surface area contributed by atoms with E-state index >= 15 is 0 Å². The summed E-state index contributed by atoms with van der Waals surface area (Å²) in [5.74, 6) is 0.801. The Labute approximate surface area is 91.1 Å². The summed E-state index contributed by atoms with van der Waals surface area (Å²) in [6.45, 7) is 5.18. The van der Waals surface area contributed by atoms with Crippen LogP contribution in [0.1, 0.15) is 42.6 Å². The highest BCUT2D eigenvalue weighted by molar-refractivity contribution is 5.23. The zero-order valence-electron chi connectivity index (χ0n) is 9.66. The first kappa shape index (κ1) is 10.7. The van der Waals surface area contributed by atoms with Gasteiger partial charge in [0.15, 0.2) is 0 Å². The van der Waals surface area contributed by atoms with Gasteiger partial charge in [-0.05, 0) is 32.6 Å². The molecule has 0 bridgehead atoms. The molecule has 0 aliphatic heterocycles. The van der Waals surface area contributed by atoms with Gasteiger partial charge in [0, 0.05) is 17.8 Å². The Morgan fingerprint density at radius 1 is 1.33 bits per heavy atom. The Kier molecular flexibility index (Phi) is 3.10. The van der Waals surface area contributed by atoms with Gasteiger partial charge in [-0.2, -0.15) is 5.10 Å². The number of rotatable bonds is 3. The highest BCUT2D eigenvalue weighted by Crippen LogP contribution is 2.27. The van der Waals surface area contributed by atoms with E-state index in [-0.39, 0.29) is 6.61 Å². The fourth-order valence-electron chi connectivity index (χ4n) is 2.58. The quantitative estimate of drug-likeness (QED) is 0.826. The molecule has 84 valence electrons. The predicted octanol–water partition coefficient (Wildman–Crippen LogP) is 2.18. The van der Waals surface area contributed by atoms with E-state index in [9.17, 15) is 5.11 Å². The first-order chi connectivity index (χ1) is 7.22. The number of aliphatic hydroxyl groups is 1. The lowest BCUT2D eigenvalue weighted by Crippen LogP contribution is -2.10. The van der Waals surface area contributed by atoms with E-state index in [1.54, 1.807) is 0 Å². The monoisotopic (exact) mass is 208 g/mol. The average Bonchev–Trinajstić information content (AvgIpc) is 2.78. The summed E-state index contributed by atoms with van der Waals surface area (Å²) in [5, 5.41) is 13.7. The fourth-order valence-corrected chi connectivity index (χ4v) is 2.58. The van der Waals surface area contributed by atoms with Crippen molar-refractivity contribution in [2.24, 2.45) is 5.92 Å². The topological polar surface area (TPSA) is 38.0 Å². The van der Waals surface area contributed by atoms with E-state index < -0.39 is 0 Å². The van der Waals surface area contributed by atoms with E-state index in [1.807, 2.05) is 6.92 Å². The van der Waals surface area contributed by atoms with Gasteiger partial charge in [-0.3, -0.25) is 4.68 Å². The molecule has 0 amide bonds. The van der Waals surface area contributed by atoms with Gasteiger partial charge in [-0.25, -0.2) is 0 Å². The van der Waals surface area contributed by atoms with Crippen LogP contribution in [0.4, 0.5) is 0 Å². The Morgan fingerprint density at radius 2 is 2.00 bits per heavy atom. The van der Waals surface area contributed by atoms with Crippen LogP contribution in [0.25, 0.3) is 0 Å². The van der Waals surface area contributed by atoms with Gasteiger partial charge in [0.05, 0.1) is 12.3 Å². The predicted molar refractivity (Wildman–Crippen MR) is 59.6 cm³/mol. The minimum Gasteiger partial charge on any atom is -0.392 e. The number of aryl methyl sites for hydroxylation is 1. The van der Waals surface area contributed by atoms with Crippen molar-refractivity contribution in [3.05, 3.63) is 17.0 Å². The van der Waals surface area contributed by atoms with Gasteiger partial charge in [0.1, 0.15) is 0 Å². The van der Waals surface area contributed by atoms with Crippen molar-refractivity contribution in [2.45, 2.75) is 52.7 Å². The fraction of sp³-hybridized carbons (Fsp3) is 0.750. The third-order valence-electron chi connectivity index (χ3n) is 3.60. The van der Waals surface area contributed by atoms with Crippen LogP contribution in [0.3, 0.4) is 0 Å². The maximum absolute atomic E-state index is 9.22. The van der Waals surface area contributed by atoms with Gasteiger partial charge in [0.25, 0.3) is 0 Å². The molecule has 3 nitrogen and oxygen atoms in total. The Balaban J connectivity index is 2.13. The van der Waals surface area contributed by atoms with Gasteiger partial charge in [-0.1, -0.05) is 12.8 Å². The van der Waals surface area contributed by atoms with Crippen LogP contribution >= 0.6 is 0 Å². The summed E-state index contributed by atoms with van der Waals surface area (Å²) in [6, 6.07) is 0. The largest absolute Gasteiger partial charge is 0.392 e. The van der Waals surface area contributed by atoms with Gasteiger partial charge >= 0.3 is 0 Å². The van der Waals surface area contributed by atoms with Gasteiger partial charge in [0.2, 0.25) is 0 Å². The maximum atomic E-state index is 9.22. The summed E-state index contributed by atoms with van der Waals surface area (Å²) < 4.78 is 2.08. The summed E-state index contributed by atoms with van der Waals surface area (Å²) in [5.41, 5.74) is 3.13. The summed E-state index contributed by atoms with van der Waals surface area (Å²) >= 11 is 0. The van der Waals surface area contributed by atoms with Crippen molar-refractivity contribution in [3.63, 3.8) is 0 Å². The van der Waals surface area contributed by atoms with E-state index in [1.165, 1.54) is 25.7 Å². The molecule has 0 radical (unpaired) electrons. The van der Waals surface area contributed by atoms with Crippen LogP contribution in [-0.4, -0.2) is 14.9 Å². The standard InChI is InChI=1S/C12H20N2O/c1-9-12(8-15)10(2)14(13-9)7-11-5-3-4-6-11/h11,15H,3-8H2,1-2H3. The molecule has 1 aromatic rings. The molecule has 1 saturated carbocycles. The minimum atomic E-state index is 0.113. The molecule has 0 saturated heterocycles. The average molecular weight is 208 g/mol. The summed E-state index contributed by atoms with van der Waals surface area (Å²) in [6.07, 6.45) is 5.42. The third-order valence-corrected chi connectivity index (χ3v) is 3.60. The lowest BCUT2D eigenvalue weighted by molar-refractivity contribution is 0.280. The second-order valence-corrected chi connectivity index (χ2v) is 4.64. The van der Waals surface area contributed by atoms with Crippen LogP contribution in [0, 0.1) is 19.8 Å². The molecule has 1 aliphatic carbocycles. The number of hydrogen-bond acceptors (Lipinski definition) is 2. The van der Waals surface area contributed by atoms with E-state index in [0.29, 0.717) is 0 Å². The highest BCUT2D eigenvalue weighted by Gasteiger charge is 2.18. The molecule has 1 aliphatic rings. The normalized spacial score (nSPS) is 17.5. The van der Waals surface area contributed by atoms with Crippen LogP contribution in [0.5, 0.6) is 0 Å². The van der Waals surface area contributed by atoms with Crippen molar-refractivity contribution in [1.82, 2.24) is 9.78 Å². The second kappa shape index (κ2) is 4.35. The van der Waals surface area contributed by atoms with Crippen LogP contribution in [0.15, 0.2) is 0 Å². The second-order valence-electron chi connectivity index (χ2n) is 4.64. The minimum absolute atomic E-state index is 0.113. The molecule has 0 aromatic carbocycles. The van der Waals surface area contributed by atoms with Crippen molar-refractivity contribution in [3.8, 4) is 0 Å². The van der Waals surface area contributed by atoms with E-state index in [0.717, 1.165) is 29.4 Å². The molecule has 2 rings (SSSR count). The SMILES string of the molecule is Cc1nn(CC2CCCC2)c(C)c1CO. The van der Waals surface area contributed by atoms with Gasteiger partial charge < -0.3 is 5.11 Å². The van der Waals surface area contributed by atoms with E-state index in [4.69, 9.17) is 0 Å². The molecule has 0 atom stereocenters. The van der Waals surface area contributed by atoms with Crippen LogP contribution < -0.4 is 0 Å². The molecular formula is C12H20N2O. The van der Waals surface area contributed by atoms with Crippen molar-refractivity contribution >= 4 is 0 Å². The summed E-state index contributed by atoms with van der Waals surface area (Å²) in [7, 11) is 0. The number of aliphatic hydroxyl groups excluding tert-OH is 1. The van der Waals surface area contributed by atoms with Crippen molar-refractivity contribution < 1.29 is 5.11 Å². The third kappa shape index (κ3) is 2.07. The van der Waals surface area contributed by atoms with E-state index in [2.05, 4.69) is 16.7 Å². The molecule has 0 spiro atoms. The molecular weight excluding hydrogens is 188 g/mol. The smallest absolute Gasteiger partial charge is 0.0718 e. The summed E-state index contributed by atoms with van der Waals surface area (Å²) in [4.78, 5) is 0. The Morgan fingerprint density at radius 3 is 2.53 bits per heavy atom. The van der Waals surface area contributed by atoms with Crippen LogP contribution in [-0.2, 0) is 13.2 Å². The zero-order valence-corrected chi connectivity index (χ0v) is 9.66. The zero-order chi connectivity index (χ0) is 10.8. The maximum Gasteiger partial charge on any atom is 0.0718 e. The molecule has 1 N–H and O–H groups in total. The number of nitrogens with zero attached hydrogens (tertiary/aromatic N) is 2. The molecule has 1 fully saturated rings.